The summed E-state index contributed by atoms with van der Waals surface area (Å²) < 4.78 is 24.6. The zero-order valence-electron chi connectivity index (χ0n) is 10.7. The molecule has 0 aliphatic carbocycles. The standard InChI is InChI=1S/C12H14ClN3O2S/c1-9-12(19(13,17)18)10(2)16(15-9)8-6-11-5-3-4-7-14-11/h3-5,7H,6,8H2,1-2H3. The first-order valence-electron chi connectivity index (χ1n) is 5.78. The third-order valence-corrected chi connectivity index (χ3v) is 4.41. The van der Waals surface area contributed by atoms with Gasteiger partial charge in [-0.15, -0.1) is 0 Å². The fraction of sp³-hybridized carbons (Fsp3) is 0.333. The molecule has 0 aliphatic heterocycles. The molecule has 0 N–H and O–H groups in total. The van der Waals surface area contributed by atoms with E-state index in [0.29, 0.717) is 24.4 Å². The molecule has 0 saturated heterocycles. The molecule has 7 heteroatoms. The summed E-state index contributed by atoms with van der Waals surface area (Å²) in [6, 6.07) is 5.69. The van der Waals surface area contributed by atoms with E-state index in [2.05, 4.69) is 10.1 Å². The van der Waals surface area contributed by atoms with E-state index in [1.54, 1.807) is 24.7 Å². The molecule has 5 nitrogen and oxygen atoms in total. The zero-order chi connectivity index (χ0) is 14.0. The molecule has 0 radical (unpaired) electrons. The molecule has 102 valence electrons. The molecule has 0 spiro atoms. The highest BCUT2D eigenvalue weighted by atomic mass is 35.7. The van der Waals surface area contributed by atoms with Gasteiger partial charge in [0, 0.05) is 35.5 Å². The van der Waals surface area contributed by atoms with Crippen LogP contribution < -0.4 is 0 Å². The minimum atomic E-state index is -3.75. The predicted molar refractivity (Wildman–Crippen MR) is 72.7 cm³/mol. The van der Waals surface area contributed by atoms with Crippen molar-refractivity contribution in [3.05, 3.63) is 41.5 Å². The Bertz CT molecular complexity index is 681. The fourth-order valence-corrected chi connectivity index (χ4v) is 3.54. The van der Waals surface area contributed by atoms with Gasteiger partial charge in [-0.2, -0.15) is 5.10 Å². The molecule has 2 rings (SSSR count). The van der Waals surface area contributed by atoms with Crippen molar-refractivity contribution < 1.29 is 8.42 Å². The normalized spacial score (nSPS) is 11.7. The summed E-state index contributed by atoms with van der Waals surface area (Å²) in [5.41, 5.74) is 1.92. The summed E-state index contributed by atoms with van der Waals surface area (Å²) in [6.45, 7) is 3.91. The van der Waals surface area contributed by atoms with Crippen molar-refractivity contribution in [2.24, 2.45) is 0 Å². The first kappa shape index (κ1) is 14.0. The van der Waals surface area contributed by atoms with Crippen molar-refractivity contribution >= 4 is 19.7 Å². The zero-order valence-corrected chi connectivity index (χ0v) is 12.2. The monoisotopic (exact) mass is 299 g/mol. The van der Waals surface area contributed by atoms with Gasteiger partial charge in [-0.05, 0) is 26.0 Å². The number of pyridine rings is 1. The smallest absolute Gasteiger partial charge is 0.264 e. The van der Waals surface area contributed by atoms with Gasteiger partial charge in [0.2, 0.25) is 0 Å². The Morgan fingerprint density at radius 2 is 2.05 bits per heavy atom. The first-order chi connectivity index (χ1) is 8.89. The highest BCUT2D eigenvalue weighted by Crippen LogP contribution is 2.23. The largest absolute Gasteiger partial charge is 0.268 e. The summed E-state index contributed by atoms with van der Waals surface area (Å²) in [7, 11) is 1.65. The number of hydrogen-bond acceptors (Lipinski definition) is 4. The van der Waals surface area contributed by atoms with E-state index in [0.717, 1.165) is 5.69 Å². The molecule has 2 heterocycles. The van der Waals surface area contributed by atoms with Crippen LogP contribution in [0.4, 0.5) is 0 Å². The van der Waals surface area contributed by atoms with Crippen molar-refractivity contribution in [1.29, 1.82) is 0 Å². The molecule has 0 unspecified atom stereocenters. The topological polar surface area (TPSA) is 64.8 Å². The number of rotatable bonds is 4. The summed E-state index contributed by atoms with van der Waals surface area (Å²) in [4.78, 5) is 4.32. The molecule has 0 atom stereocenters. The summed E-state index contributed by atoms with van der Waals surface area (Å²) >= 11 is 0. The molecule has 2 aromatic heterocycles. The van der Waals surface area contributed by atoms with Crippen molar-refractivity contribution in [2.75, 3.05) is 0 Å². The van der Waals surface area contributed by atoms with Crippen LogP contribution in [0, 0.1) is 13.8 Å². The summed E-state index contributed by atoms with van der Waals surface area (Å²) in [5.74, 6) is 0. The lowest BCUT2D eigenvalue weighted by atomic mass is 10.3. The maximum absolute atomic E-state index is 11.5. The average molecular weight is 300 g/mol. The Kier molecular flexibility index (Phi) is 3.91. The van der Waals surface area contributed by atoms with Gasteiger partial charge < -0.3 is 0 Å². The van der Waals surface area contributed by atoms with Crippen LogP contribution in [0.25, 0.3) is 0 Å². The number of aromatic nitrogens is 3. The van der Waals surface area contributed by atoms with Gasteiger partial charge >= 0.3 is 0 Å². The van der Waals surface area contributed by atoms with Crippen molar-refractivity contribution in [3.63, 3.8) is 0 Å². The van der Waals surface area contributed by atoms with Gasteiger partial charge in [-0.25, -0.2) is 8.42 Å². The van der Waals surface area contributed by atoms with Crippen LogP contribution in [0.5, 0.6) is 0 Å². The van der Waals surface area contributed by atoms with Crippen LogP contribution in [0.2, 0.25) is 0 Å². The van der Waals surface area contributed by atoms with Crippen molar-refractivity contribution in [3.8, 4) is 0 Å². The Morgan fingerprint density at radius 1 is 1.32 bits per heavy atom. The van der Waals surface area contributed by atoms with Crippen LogP contribution >= 0.6 is 10.7 Å². The maximum atomic E-state index is 11.5. The predicted octanol–water partition coefficient (Wildman–Crippen LogP) is 2.07. The van der Waals surface area contributed by atoms with E-state index in [-0.39, 0.29) is 4.90 Å². The van der Waals surface area contributed by atoms with Crippen LogP contribution in [0.1, 0.15) is 17.1 Å². The molecular formula is C12H14ClN3O2S. The molecule has 0 fully saturated rings. The minimum absolute atomic E-state index is 0.107. The van der Waals surface area contributed by atoms with Crippen LogP contribution in [-0.4, -0.2) is 23.2 Å². The Labute approximate surface area is 116 Å². The molecule has 2 aromatic rings. The molecule has 0 aliphatic rings. The molecule has 0 bridgehead atoms. The van der Waals surface area contributed by atoms with Crippen molar-refractivity contribution in [1.82, 2.24) is 14.8 Å². The van der Waals surface area contributed by atoms with Gasteiger partial charge in [0.25, 0.3) is 9.05 Å². The van der Waals surface area contributed by atoms with Gasteiger partial charge in [-0.3, -0.25) is 9.67 Å². The third kappa shape index (κ3) is 3.13. The quantitative estimate of drug-likeness (QED) is 0.811. The van der Waals surface area contributed by atoms with Crippen LogP contribution in [0.15, 0.2) is 29.3 Å². The highest BCUT2D eigenvalue weighted by molar-refractivity contribution is 8.13. The lowest BCUT2D eigenvalue weighted by Gasteiger charge is -2.04. The lowest BCUT2D eigenvalue weighted by molar-refractivity contribution is 0.585. The Hall–Kier alpha value is -1.40. The van der Waals surface area contributed by atoms with Gasteiger partial charge in [-0.1, -0.05) is 6.07 Å². The molecule has 0 aromatic carbocycles. The second-order valence-electron chi connectivity index (χ2n) is 4.23. The van der Waals surface area contributed by atoms with E-state index in [9.17, 15) is 8.42 Å². The number of nitrogens with zero attached hydrogens (tertiary/aromatic N) is 3. The lowest BCUT2D eigenvalue weighted by Crippen LogP contribution is -2.06. The number of hydrogen-bond donors (Lipinski definition) is 0. The van der Waals surface area contributed by atoms with E-state index < -0.39 is 9.05 Å². The third-order valence-electron chi connectivity index (χ3n) is 2.86. The average Bonchev–Trinajstić information content (AvgIpc) is 2.62. The Balaban J connectivity index is 2.24. The van der Waals surface area contributed by atoms with Gasteiger partial charge in [0.05, 0.1) is 11.4 Å². The van der Waals surface area contributed by atoms with E-state index in [1.807, 2.05) is 18.2 Å². The number of aryl methyl sites for hydroxylation is 3. The van der Waals surface area contributed by atoms with Crippen LogP contribution in [0.3, 0.4) is 0 Å². The highest BCUT2D eigenvalue weighted by Gasteiger charge is 2.22. The van der Waals surface area contributed by atoms with Gasteiger partial charge in [0.1, 0.15) is 4.90 Å². The molecule has 0 saturated carbocycles. The molecular weight excluding hydrogens is 286 g/mol. The number of halogens is 1. The summed E-state index contributed by atoms with van der Waals surface area (Å²) in [5, 5.41) is 4.22. The van der Waals surface area contributed by atoms with Crippen molar-refractivity contribution in [2.45, 2.75) is 31.7 Å². The summed E-state index contributed by atoms with van der Waals surface area (Å²) in [6.07, 6.45) is 2.41. The fourth-order valence-electron chi connectivity index (χ4n) is 2.02. The first-order valence-corrected chi connectivity index (χ1v) is 8.09. The minimum Gasteiger partial charge on any atom is -0.268 e. The molecule has 0 amide bonds. The van der Waals surface area contributed by atoms with Crippen LogP contribution in [-0.2, 0) is 22.0 Å². The second kappa shape index (κ2) is 5.30. The second-order valence-corrected chi connectivity index (χ2v) is 6.73. The van der Waals surface area contributed by atoms with E-state index in [4.69, 9.17) is 10.7 Å². The van der Waals surface area contributed by atoms with E-state index >= 15 is 0 Å². The van der Waals surface area contributed by atoms with E-state index in [1.165, 1.54) is 0 Å². The molecule has 19 heavy (non-hydrogen) atoms. The Morgan fingerprint density at radius 3 is 2.58 bits per heavy atom. The maximum Gasteiger partial charge on any atom is 0.264 e. The SMILES string of the molecule is Cc1nn(CCc2ccccn2)c(C)c1S(=O)(=O)Cl. The van der Waals surface area contributed by atoms with Gasteiger partial charge in [0.15, 0.2) is 0 Å².